The number of thiazole rings is 1. The standard InChI is InChI=1S/C11H17N3O4S/c1-18-6-3-8(10(15)16)14-11(17)13-4-2-9-12-5-7-19-9/h5,7-8H,2-4,6H2,1H3,(H,15,16)(H2,13,14,17). The number of amides is 2. The molecule has 1 unspecified atom stereocenters. The monoisotopic (exact) mass is 287 g/mol. The van der Waals surface area contributed by atoms with E-state index in [-0.39, 0.29) is 13.0 Å². The zero-order chi connectivity index (χ0) is 14.1. The van der Waals surface area contributed by atoms with Crippen LogP contribution in [0.5, 0.6) is 0 Å². The largest absolute Gasteiger partial charge is 0.480 e. The number of ether oxygens (including phenoxy) is 1. The number of carboxylic acid groups (broad SMARTS) is 1. The fourth-order valence-corrected chi connectivity index (χ4v) is 1.98. The van der Waals surface area contributed by atoms with Crippen molar-refractivity contribution in [3.8, 4) is 0 Å². The molecule has 106 valence electrons. The van der Waals surface area contributed by atoms with Crippen LogP contribution in [-0.4, -0.2) is 48.4 Å². The summed E-state index contributed by atoms with van der Waals surface area (Å²) in [6.45, 7) is 0.687. The summed E-state index contributed by atoms with van der Waals surface area (Å²) < 4.78 is 4.79. The van der Waals surface area contributed by atoms with Crippen LogP contribution in [0, 0.1) is 0 Å². The summed E-state index contributed by atoms with van der Waals surface area (Å²) in [4.78, 5) is 26.5. The van der Waals surface area contributed by atoms with Crippen LogP contribution in [0.2, 0.25) is 0 Å². The molecule has 19 heavy (non-hydrogen) atoms. The van der Waals surface area contributed by atoms with Crippen LogP contribution in [0.3, 0.4) is 0 Å². The summed E-state index contributed by atoms with van der Waals surface area (Å²) in [6, 6.07) is -1.44. The van der Waals surface area contributed by atoms with Gasteiger partial charge in [0.2, 0.25) is 0 Å². The van der Waals surface area contributed by atoms with E-state index in [2.05, 4.69) is 15.6 Å². The highest BCUT2D eigenvalue weighted by Crippen LogP contribution is 2.03. The fourth-order valence-electron chi connectivity index (χ4n) is 1.36. The molecule has 0 aliphatic carbocycles. The Bertz CT molecular complexity index is 397. The van der Waals surface area contributed by atoms with E-state index < -0.39 is 18.0 Å². The molecule has 0 radical (unpaired) electrons. The van der Waals surface area contributed by atoms with Crippen molar-refractivity contribution in [3.05, 3.63) is 16.6 Å². The van der Waals surface area contributed by atoms with E-state index in [4.69, 9.17) is 9.84 Å². The van der Waals surface area contributed by atoms with E-state index in [9.17, 15) is 9.59 Å². The maximum atomic E-state index is 11.5. The lowest BCUT2D eigenvalue weighted by Gasteiger charge is -2.14. The van der Waals surface area contributed by atoms with Gasteiger partial charge in [-0.3, -0.25) is 0 Å². The summed E-state index contributed by atoms with van der Waals surface area (Å²) in [7, 11) is 1.48. The Labute approximate surface area is 115 Å². The smallest absolute Gasteiger partial charge is 0.326 e. The third-order valence-corrected chi connectivity index (χ3v) is 3.16. The Morgan fingerprint density at radius 1 is 1.58 bits per heavy atom. The molecule has 0 bridgehead atoms. The van der Waals surface area contributed by atoms with Gasteiger partial charge in [-0.15, -0.1) is 11.3 Å². The Morgan fingerprint density at radius 2 is 2.37 bits per heavy atom. The van der Waals surface area contributed by atoms with Gasteiger partial charge >= 0.3 is 12.0 Å². The summed E-state index contributed by atoms with van der Waals surface area (Å²) in [5.41, 5.74) is 0. The SMILES string of the molecule is COCCC(NC(=O)NCCc1nccs1)C(=O)O. The number of nitrogens with one attached hydrogen (secondary N) is 2. The Hall–Kier alpha value is -1.67. The third kappa shape index (κ3) is 6.16. The zero-order valence-corrected chi connectivity index (χ0v) is 11.4. The van der Waals surface area contributed by atoms with Crippen molar-refractivity contribution in [2.75, 3.05) is 20.3 Å². The highest BCUT2D eigenvalue weighted by atomic mass is 32.1. The van der Waals surface area contributed by atoms with Gasteiger partial charge in [0.1, 0.15) is 6.04 Å². The van der Waals surface area contributed by atoms with Gasteiger partial charge in [-0.25, -0.2) is 14.6 Å². The first-order chi connectivity index (χ1) is 9.13. The van der Waals surface area contributed by atoms with Gasteiger partial charge in [-0.05, 0) is 0 Å². The zero-order valence-electron chi connectivity index (χ0n) is 10.6. The second-order valence-corrected chi connectivity index (χ2v) is 4.73. The minimum absolute atomic E-state index is 0.228. The minimum atomic E-state index is -1.08. The van der Waals surface area contributed by atoms with Crippen molar-refractivity contribution < 1.29 is 19.4 Å². The van der Waals surface area contributed by atoms with Crippen molar-refractivity contribution in [1.29, 1.82) is 0 Å². The van der Waals surface area contributed by atoms with Crippen molar-refractivity contribution in [3.63, 3.8) is 0 Å². The molecule has 0 fully saturated rings. The van der Waals surface area contributed by atoms with E-state index in [1.54, 1.807) is 6.20 Å². The molecule has 1 heterocycles. The number of hydrogen-bond acceptors (Lipinski definition) is 5. The molecule has 7 nitrogen and oxygen atoms in total. The van der Waals surface area contributed by atoms with Crippen LogP contribution in [0.15, 0.2) is 11.6 Å². The van der Waals surface area contributed by atoms with Gasteiger partial charge < -0.3 is 20.5 Å². The highest BCUT2D eigenvalue weighted by Gasteiger charge is 2.19. The molecule has 2 amide bonds. The van der Waals surface area contributed by atoms with Crippen LogP contribution in [0.25, 0.3) is 0 Å². The number of carboxylic acids is 1. The Balaban J connectivity index is 2.25. The second-order valence-electron chi connectivity index (χ2n) is 3.75. The van der Waals surface area contributed by atoms with Crippen LogP contribution in [-0.2, 0) is 16.0 Å². The molecule has 1 atom stereocenters. The number of hydrogen-bond donors (Lipinski definition) is 3. The van der Waals surface area contributed by atoms with Gasteiger partial charge in [-0.2, -0.15) is 0 Å². The Kier molecular flexibility index (Phi) is 6.83. The van der Waals surface area contributed by atoms with Crippen LogP contribution in [0.1, 0.15) is 11.4 Å². The normalized spacial score (nSPS) is 11.8. The second kappa shape index (κ2) is 8.44. The van der Waals surface area contributed by atoms with Gasteiger partial charge in [0.05, 0.1) is 5.01 Å². The number of aromatic nitrogens is 1. The number of methoxy groups -OCH3 is 1. The number of aliphatic carboxylic acids is 1. The van der Waals surface area contributed by atoms with E-state index in [0.717, 1.165) is 5.01 Å². The third-order valence-electron chi connectivity index (χ3n) is 2.32. The first-order valence-corrected chi connectivity index (χ1v) is 6.66. The van der Waals surface area contributed by atoms with E-state index in [1.807, 2.05) is 5.38 Å². The molecular weight excluding hydrogens is 270 g/mol. The van der Waals surface area contributed by atoms with Crippen molar-refractivity contribution in [2.45, 2.75) is 18.9 Å². The van der Waals surface area contributed by atoms with Crippen LogP contribution >= 0.6 is 11.3 Å². The fraction of sp³-hybridized carbons (Fsp3) is 0.545. The van der Waals surface area contributed by atoms with E-state index >= 15 is 0 Å². The van der Waals surface area contributed by atoms with Crippen LogP contribution in [0.4, 0.5) is 4.79 Å². The van der Waals surface area contributed by atoms with Crippen LogP contribution < -0.4 is 10.6 Å². The lowest BCUT2D eigenvalue weighted by molar-refractivity contribution is -0.139. The van der Waals surface area contributed by atoms with Gasteiger partial charge in [0.25, 0.3) is 0 Å². The lowest BCUT2D eigenvalue weighted by Crippen LogP contribution is -2.46. The molecular formula is C11H17N3O4S. The summed E-state index contributed by atoms with van der Waals surface area (Å²) >= 11 is 1.51. The summed E-state index contributed by atoms with van der Waals surface area (Å²) in [6.07, 6.45) is 2.55. The quantitative estimate of drug-likeness (QED) is 0.645. The maximum Gasteiger partial charge on any atom is 0.326 e. The predicted molar refractivity (Wildman–Crippen MR) is 70.3 cm³/mol. The van der Waals surface area contributed by atoms with Crippen molar-refractivity contribution >= 4 is 23.3 Å². The first-order valence-electron chi connectivity index (χ1n) is 5.78. The number of urea groups is 1. The molecule has 1 rings (SSSR count). The molecule has 1 aromatic rings. The highest BCUT2D eigenvalue weighted by molar-refractivity contribution is 7.09. The average Bonchev–Trinajstić information content (AvgIpc) is 2.87. The number of carbonyl (C=O) groups excluding carboxylic acids is 1. The number of rotatable bonds is 8. The number of nitrogens with zero attached hydrogens (tertiary/aromatic N) is 1. The summed E-state index contributed by atoms with van der Waals surface area (Å²) in [5.74, 6) is -1.08. The molecule has 0 aromatic carbocycles. The van der Waals surface area contributed by atoms with Gasteiger partial charge in [0.15, 0.2) is 0 Å². The molecule has 1 aromatic heterocycles. The Morgan fingerprint density at radius 3 is 2.95 bits per heavy atom. The molecule has 0 spiro atoms. The number of carbonyl (C=O) groups is 2. The van der Waals surface area contributed by atoms with E-state index in [0.29, 0.717) is 13.0 Å². The minimum Gasteiger partial charge on any atom is -0.480 e. The molecule has 0 aliphatic rings. The molecule has 8 heteroatoms. The van der Waals surface area contributed by atoms with E-state index in [1.165, 1.54) is 18.4 Å². The predicted octanol–water partition coefficient (Wildman–Crippen LogP) is 0.474. The van der Waals surface area contributed by atoms with Crippen molar-refractivity contribution in [2.24, 2.45) is 0 Å². The van der Waals surface area contributed by atoms with Crippen molar-refractivity contribution in [1.82, 2.24) is 15.6 Å². The molecule has 0 saturated carbocycles. The summed E-state index contributed by atoms with van der Waals surface area (Å²) in [5, 5.41) is 16.7. The average molecular weight is 287 g/mol. The molecule has 0 saturated heterocycles. The lowest BCUT2D eigenvalue weighted by atomic mass is 10.2. The topological polar surface area (TPSA) is 101 Å². The molecule has 3 N–H and O–H groups in total. The van der Waals surface area contributed by atoms with Gasteiger partial charge in [-0.1, -0.05) is 0 Å². The first kappa shape index (κ1) is 15.4. The van der Waals surface area contributed by atoms with Gasteiger partial charge in [0, 0.05) is 44.7 Å². The molecule has 0 aliphatic heterocycles. The maximum absolute atomic E-state index is 11.5.